The van der Waals surface area contributed by atoms with Gasteiger partial charge in [0.05, 0.1) is 11.9 Å². The maximum Gasteiger partial charge on any atom is 0.283 e. The van der Waals surface area contributed by atoms with Crippen molar-refractivity contribution in [3.63, 3.8) is 0 Å². The van der Waals surface area contributed by atoms with Crippen molar-refractivity contribution < 1.29 is 0 Å². The second kappa shape index (κ2) is 7.78. The van der Waals surface area contributed by atoms with Crippen molar-refractivity contribution in [2.45, 2.75) is 39.2 Å². The first kappa shape index (κ1) is 15.5. The zero-order chi connectivity index (χ0) is 14.4. The second-order valence-electron chi connectivity index (χ2n) is 5.18. The number of aromatic nitrogens is 2. The molecule has 2 rings (SSSR count). The minimum absolute atomic E-state index is 0.0766. The van der Waals surface area contributed by atoms with Crippen molar-refractivity contribution in [1.82, 2.24) is 14.7 Å². The number of halogens is 1. The summed E-state index contributed by atoms with van der Waals surface area (Å²) in [5, 5.41) is 7.44. The highest BCUT2D eigenvalue weighted by Gasteiger charge is 2.10. The third kappa shape index (κ3) is 4.06. The maximum atomic E-state index is 11.9. The molecular formula is C14H23BrN4O. The lowest BCUT2D eigenvalue weighted by molar-refractivity contribution is 0.296. The molecule has 0 aliphatic carbocycles. The molecule has 0 saturated carbocycles. The Kier molecular flexibility index (Phi) is 6.04. The maximum absolute atomic E-state index is 11.9. The summed E-state index contributed by atoms with van der Waals surface area (Å²) in [5.74, 6) is 0. The molecule has 0 atom stereocenters. The Balaban J connectivity index is 1.87. The lowest BCUT2D eigenvalue weighted by Crippen LogP contribution is -2.30. The molecule has 0 spiro atoms. The van der Waals surface area contributed by atoms with E-state index in [2.05, 4.69) is 31.2 Å². The Morgan fingerprint density at radius 3 is 2.65 bits per heavy atom. The van der Waals surface area contributed by atoms with Crippen LogP contribution in [0.25, 0.3) is 0 Å². The third-order valence-electron chi connectivity index (χ3n) is 3.73. The molecule has 2 heterocycles. The molecule has 0 aromatic carbocycles. The van der Waals surface area contributed by atoms with Gasteiger partial charge in [0, 0.05) is 19.6 Å². The van der Waals surface area contributed by atoms with Crippen LogP contribution < -0.4 is 10.9 Å². The molecule has 1 N–H and O–H groups in total. The van der Waals surface area contributed by atoms with Crippen LogP contribution in [0.15, 0.2) is 15.5 Å². The molecule has 1 aliphatic rings. The van der Waals surface area contributed by atoms with E-state index in [1.165, 1.54) is 43.5 Å². The van der Waals surface area contributed by atoms with E-state index in [0.717, 1.165) is 18.8 Å². The predicted molar refractivity (Wildman–Crippen MR) is 85.3 cm³/mol. The van der Waals surface area contributed by atoms with Crippen molar-refractivity contribution in [2.75, 3.05) is 31.5 Å². The highest BCUT2D eigenvalue weighted by molar-refractivity contribution is 9.10. The summed E-state index contributed by atoms with van der Waals surface area (Å²) in [4.78, 5) is 14.4. The van der Waals surface area contributed by atoms with Crippen LogP contribution in [0, 0.1) is 0 Å². The molecule has 1 fully saturated rings. The molecule has 5 nitrogen and oxygen atoms in total. The molecule has 0 amide bonds. The van der Waals surface area contributed by atoms with Crippen LogP contribution in [0.5, 0.6) is 0 Å². The molecule has 1 aromatic rings. The minimum atomic E-state index is -0.0766. The number of aryl methyl sites for hydroxylation is 1. The van der Waals surface area contributed by atoms with E-state index in [-0.39, 0.29) is 5.56 Å². The van der Waals surface area contributed by atoms with Crippen LogP contribution in [-0.2, 0) is 6.54 Å². The molecule has 1 aliphatic heterocycles. The first-order chi connectivity index (χ1) is 9.72. The van der Waals surface area contributed by atoms with Gasteiger partial charge in [0.2, 0.25) is 0 Å². The smallest absolute Gasteiger partial charge is 0.283 e. The summed E-state index contributed by atoms with van der Waals surface area (Å²) < 4.78 is 2.02. The van der Waals surface area contributed by atoms with E-state index >= 15 is 0 Å². The third-order valence-corrected chi connectivity index (χ3v) is 4.49. The average Bonchev–Trinajstić information content (AvgIpc) is 2.72. The number of hydrogen-bond donors (Lipinski definition) is 1. The summed E-state index contributed by atoms with van der Waals surface area (Å²) in [5.41, 5.74) is 0.710. The Morgan fingerprint density at radius 1 is 1.30 bits per heavy atom. The van der Waals surface area contributed by atoms with Crippen LogP contribution in [-0.4, -0.2) is 40.9 Å². The molecule has 1 saturated heterocycles. The fourth-order valence-electron chi connectivity index (χ4n) is 2.52. The molecule has 0 unspecified atom stereocenters. The molecular weight excluding hydrogens is 320 g/mol. The van der Waals surface area contributed by atoms with Gasteiger partial charge < -0.3 is 10.2 Å². The predicted octanol–water partition coefficient (Wildman–Crippen LogP) is 2.31. The normalized spacial score (nSPS) is 16.9. The van der Waals surface area contributed by atoms with E-state index in [9.17, 15) is 4.79 Å². The molecule has 20 heavy (non-hydrogen) atoms. The number of anilines is 1. The van der Waals surface area contributed by atoms with Gasteiger partial charge in [-0.2, -0.15) is 5.10 Å². The van der Waals surface area contributed by atoms with Gasteiger partial charge in [0.25, 0.3) is 5.56 Å². The van der Waals surface area contributed by atoms with Crippen LogP contribution >= 0.6 is 15.9 Å². The van der Waals surface area contributed by atoms with Gasteiger partial charge in [-0.15, -0.1) is 0 Å². The van der Waals surface area contributed by atoms with Crippen molar-refractivity contribution in [3.8, 4) is 0 Å². The number of nitrogens with one attached hydrogen (secondary N) is 1. The van der Waals surface area contributed by atoms with E-state index in [1.54, 1.807) is 6.20 Å². The quantitative estimate of drug-likeness (QED) is 0.892. The Labute approximate surface area is 128 Å². The van der Waals surface area contributed by atoms with E-state index in [1.807, 2.05) is 6.92 Å². The fraction of sp³-hybridized carbons (Fsp3) is 0.714. The van der Waals surface area contributed by atoms with Gasteiger partial charge in [0.1, 0.15) is 4.47 Å². The summed E-state index contributed by atoms with van der Waals surface area (Å²) in [7, 11) is 0. The topological polar surface area (TPSA) is 50.2 Å². The number of hydrogen-bond acceptors (Lipinski definition) is 4. The van der Waals surface area contributed by atoms with E-state index in [0.29, 0.717) is 11.0 Å². The largest absolute Gasteiger partial charge is 0.381 e. The standard InChI is InChI=1S/C14H23BrN4O/c1-2-19-14(20)13(15)12(11-17-19)16-7-10-18-8-5-3-4-6-9-18/h11,16H,2-10H2,1H3. The molecule has 1 aromatic heterocycles. The van der Waals surface area contributed by atoms with E-state index in [4.69, 9.17) is 0 Å². The minimum Gasteiger partial charge on any atom is -0.381 e. The SMILES string of the molecule is CCn1ncc(NCCN2CCCCCC2)c(Br)c1=O. The van der Waals surface area contributed by atoms with Crippen LogP contribution in [0.1, 0.15) is 32.6 Å². The summed E-state index contributed by atoms with van der Waals surface area (Å²) in [6, 6.07) is 0. The van der Waals surface area contributed by atoms with Crippen LogP contribution in [0.3, 0.4) is 0 Å². The summed E-state index contributed by atoms with van der Waals surface area (Å²) in [6.45, 7) is 6.75. The van der Waals surface area contributed by atoms with Gasteiger partial charge in [-0.05, 0) is 48.8 Å². The van der Waals surface area contributed by atoms with Gasteiger partial charge in [-0.3, -0.25) is 4.79 Å². The van der Waals surface area contributed by atoms with E-state index < -0.39 is 0 Å². The zero-order valence-electron chi connectivity index (χ0n) is 12.1. The van der Waals surface area contributed by atoms with Gasteiger partial charge in [-0.25, -0.2) is 4.68 Å². The molecule has 0 radical (unpaired) electrons. The monoisotopic (exact) mass is 342 g/mol. The number of rotatable bonds is 5. The molecule has 112 valence electrons. The van der Waals surface area contributed by atoms with Crippen molar-refractivity contribution in [2.24, 2.45) is 0 Å². The average molecular weight is 343 g/mol. The Hall–Kier alpha value is -0.880. The van der Waals surface area contributed by atoms with Gasteiger partial charge >= 0.3 is 0 Å². The van der Waals surface area contributed by atoms with Gasteiger partial charge in [-0.1, -0.05) is 12.8 Å². The highest BCUT2D eigenvalue weighted by atomic mass is 79.9. The molecule has 6 heteroatoms. The first-order valence-electron chi connectivity index (χ1n) is 7.44. The lowest BCUT2D eigenvalue weighted by atomic mass is 10.2. The zero-order valence-corrected chi connectivity index (χ0v) is 13.7. The van der Waals surface area contributed by atoms with Crippen molar-refractivity contribution in [1.29, 1.82) is 0 Å². The lowest BCUT2D eigenvalue weighted by Gasteiger charge is -2.20. The summed E-state index contributed by atoms with van der Waals surface area (Å²) in [6.07, 6.45) is 7.04. The number of likely N-dealkylation sites (tertiary alicyclic amines) is 1. The second-order valence-corrected chi connectivity index (χ2v) is 5.97. The molecule has 0 bridgehead atoms. The first-order valence-corrected chi connectivity index (χ1v) is 8.23. The van der Waals surface area contributed by atoms with Crippen molar-refractivity contribution in [3.05, 3.63) is 21.0 Å². The highest BCUT2D eigenvalue weighted by Crippen LogP contribution is 2.16. The van der Waals surface area contributed by atoms with Crippen LogP contribution in [0.2, 0.25) is 0 Å². The Bertz CT molecular complexity index is 481. The Morgan fingerprint density at radius 2 is 2.00 bits per heavy atom. The number of nitrogens with zero attached hydrogens (tertiary/aromatic N) is 3. The van der Waals surface area contributed by atoms with Gasteiger partial charge in [0.15, 0.2) is 0 Å². The van der Waals surface area contributed by atoms with Crippen molar-refractivity contribution >= 4 is 21.6 Å². The fourth-order valence-corrected chi connectivity index (χ4v) is 2.97. The summed E-state index contributed by atoms with van der Waals surface area (Å²) >= 11 is 3.36. The van der Waals surface area contributed by atoms with Crippen LogP contribution in [0.4, 0.5) is 5.69 Å².